The lowest BCUT2D eigenvalue weighted by molar-refractivity contribution is 0.0569. The molecule has 1 atom stereocenters. The van der Waals surface area contributed by atoms with E-state index in [0.717, 1.165) is 11.7 Å². The fraction of sp³-hybridized carbons (Fsp3) is 0.381. The predicted molar refractivity (Wildman–Crippen MR) is 121 cm³/mol. The average molecular weight is 477 g/mol. The van der Waals surface area contributed by atoms with Gasteiger partial charge in [-0.2, -0.15) is 13.1 Å². The van der Waals surface area contributed by atoms with Crippen molar-refractivity contribution in [2.45, 2.75) is 17.9 Å². The second kappa shape index (κ2) is 9.59. The van der Waals surface area contributed by atoms with E-state index < -0.39 is 16.1 Å². The number of rotatable bonds is 8. The van der Waals surface area contributed by atoms with Crippen LogP contribution in [0.1, 0.15) is 17.3 Å². The number of aliphatic hydroxyl groups excluding tert-OH is 1. The summed E-state index contributed by atoms with van der Waals surface area (Å²) in [6.45, 7) is 3.67. The maximum absolute atomic E-state index is 13.1. The minimum Gasteiger partial charge on any atom is -0.491 e. The number of aromatic nitrogens is 2. The van der Waals surface area contributed by atoms with Gasteiger partial charge in [-0.1, -0.05) is 6.07 Å². The number of piperazine rings is 1. The molecule has 2 heterocycles. The number of nitrogens with zero attached hydrogens (tertiary/aromatic N) is 4. The van der Waals surface area contributed by atoms with Gasteiger partial charge in [0.2, 0.25) is 10.0 Å². The van der Waals surface area contributed by atoms with Gasteiger partial charge in [0.05, 0.1) is 11.7 Å². The maximum Gasteiger partial charge on any atom is 0.245 e. The van der Waals surface area contributed by atoms with Gasteiger partial charge in [-0.05, 0) is 43.3 Å². The molecule has 1 aliphatic rings. The zero-order valence-corrected chi connectivity index (χ0v) is 19.2. The van der Waals surface area contributed by atoms with Crippen molar-refractivity contribution in [3.63, 3.8) is 0 Å². The van der Waals surface area contributed by atoms with Crippen LogP contribution in [-0.4, -0.2) is 82.7 Å². The van der Waals surface area contributed by atoms with Crippen LogP contribution in [-0.2, 0) is 10.0 Å². The molecule has 0 aliphatic carbocycles. The molecule has 0 bridgehead atoms. The lowest BCUT2D eigenvalue weighted by Crippen LogP contribution is -2.50. The molecule has 0 amide bonds. The van der Waals surface area contributed by atoms with Gasteiger partial charge in [0, 0.05) is 38.3 Å². The van der Waals surface area contributed by atoms with Gasteiger partial charge in [0.25, 0.3) is 0 Å². The Labute approximate surface area is 190 Å². The van der Waals surface area contributed by atoms with Crippen molar-refractivity contribution in [2.24, 2.45) is 0 Å². The normalized spacial score (nSPS) is 16.8. The van der Waals surface area contributed by atoms with Crippen molar-refractivity contribution < 1.29 is 23.1 Å². The van der Waals surface area contributed by atoms with Gasteiger partial charge < -0.3 is 9.84 Å². The number of carbonyl (C=O) groups is 1. The number of ketones is 1. The SMILES string of the molecule is CC(=O)c1ccc(OC[C@H](O)CN2CCN(S(=O)(=O)c3cccc4nsnc34)CC2)cc1. The molecule has 1 N–H and O–H groups in total. The topological polar surface area (TPSA) is 113 Å². The molecule has 4 rings (SSSR count). The molecule has 1 aromatic heterocycles. The minimum atomic E-state index is -3.67. The molecule has 0 spiro atoms. The number of benzene rings is 2. The second-order valence-corrected chi connectivity index (χ2v) is 10.1. The van der Waals surface area contributed by atoms with E-state index in [9.17, 15) is 18.3 Å². The van der Waals surface area contributed by atoms with Crippen LogP contribution in [0.15, 0.2) is 47.4 Å². The maximum atomic E-state index is 13.1. The minimum absolute atomic E-state index is 0.0160. The summed E-state index contributed by atoms with van der Waals surface area (Å²) in [5, 5.41) is 10.3. The molecule has 0 radical (unpaired) electrons. The van der Waals surface area contributed by atoms with Crippen LogP contribution in [0.2, 0.25) is 0 Å². The smallest absolute Gasteiger partial charge is 0.245 e. The first-order chi connectivity index (χ1) is 15.3. The molecule has 11 heteroatoms. The highest BCUT2D eigenvalue weighted by Crippen LogP contribution is 2.25. The Bertz CT molecular complexity index is 1190. The van der Waals surface area contributed by atoms with E-state index in [4.69, 9.17) is 4.74 Å². The van der Waals surface area contributed by atoms with Gasteiger partial charge >= 0.3 is 0 Å². The van der Waals surface area contributed by atoms with Gasteiger partial charge in [-0.15, -0.1) is 0 Å². The van der Waals surface area contributed by atoms with Crippen LogP contribution in [0.4, 0.5) is 0 Å². The van der Waals surface area contributed by atoms with Crippen LogP contribution in [0.3, 0.4) is 0 Å². The summed E-state index contributed by atoms with van der Waals surface area (Å²) in [4.78, 5) is 13.5. The van der Waals surface area contributed by atoms with Crippen LogP contribution in [0.5, 0.6) is 5.75 Å². The fourth-order valence-electron chi connectivity index (χ4n) is 3.61. The summed E-state index contributed by atoms with van der Waals surface area (Å²) >= 11 is 0.996. The number of ether oxygens (including phenoxy) is 1. The molecule has 1 fully saturated rings. The molecule has 1 aliphatic heterocycles. The Morgan fingerprint density at radius 1 is 1.12 bits per heavy atom. The van der Waals surface area contributed by atoms with Crippen molar-refractivity contribution in [3.8, 4) is 5.75 Å². The number of hydrogen-bond donors (Lipinski definition) is 1. The van der Waals surface area contributed by atoms with Crippen LogP contribution in [0, 0.1) is 0 Å². The monoisotopic (exact) mass is 476 g/mol. The summed E-state index contributed by atoms with van der Waals surface area (Å²) in [6.07, 6.45) is -0.722. The molecular weight excluding hydrogens is 452 g/mol. The van der Waals surface area contributed by atoms with Crippen molar-refractivity contribution in [2.75, 3.05) is 39.3 Å². The van der Waals surface area contributed by atoms with E-state index in [2.05, 4.69) is 8.75 Å². The van der Waals surface area contributed by atoms with Crippen LogP contribution >= 0.6 is 11.7 Å². The Kier molecular flexibility index (Phi) is 6.82. The zero-order chi connectivity index (χ0) is 22.7. The second-order valence-electron chi connectivity index (χ2n) is 7.64. The predicted octanol–water partition coefficient (Wildman–Crippen LogP) is 1.64. The van der Waals surface area contributed by atoms with Gasteiger partial charge in [0.1, 0.15) is 34.4 Å². The summed E-state index contributed by atoms with van der Waals surface area (Å²) in [5.74, 6) is 0.563. The molecule has 2 aromatic carbocycles. The van der Waals surface area contributed by atoms with Gasteiger partial charge in [0.15, 0.2) is 5.78 Å². The van der Waals surface area contributed by atoms with Crippen molar-refractivity contribution >= 4 is 38.6 Å². The average Bonchev–Trinajstić information content (AvgIpc) is 3.27. The zero-order valence-electron chi connectivity index (χ0n) is 17.5. The van der Waals surface area contributed by atoms with E-state index in [-0.39, 0.29) is 17.3 Å². The van der Waals surface area contributed by atoms with Gasteiger partial charge in [-0.25, -0.2) is 8.42 Å². The molecule has 9 nitrogen and oxygen atoms in total. The third-order valence-electron chi connectivity index (χ3n) is 5.37. The molecule has 3 aromatic rings. The third kappa shape index (κ3) is 4.97. The number of β-amino-alcohol motifs (C(OH)–C–C–N with tert-alkyl or cyclic N) is 1. The summed E-state index contributed by atoms with van der Waals surface area (Å²) in [5.41, 5.74) is 1.59. The first-order valence-electron chi connectivity index (χ1n) is 10.2. The highest BCUT2D eigenvalue weighted by atomic mass is 32.2. The molecule has 32 heavy (non-hydrogen) atoms. The lowest BCUT2D eigenvalue weighted by atomic mass is 10.1. The number of sulfonamides is 1. The largest absolute Gasteiger partial charge is 0.491 e. The lowest BCUT2D eigenvalue weighted by Gasteiger charge is -2.34. The Hall–Kier alpha value is -2.44. The van der Waals surface area contributed by atoms with Crippen LogP contribution < -0.4 is 4.74 Å². The number of fused-ring (bicyclic) bond motifs is 1. The molecule has 0 unspecified atom stereocenters. The van der Waals surface area contributed by atoms with E-state index in [1.165, 1.54) is 11.2 Å². The molecule has 1 saturated heterocycles. The first kappa shape index (κ1) is 22.7. The Balaban J connectivity index is 1.29. The fourth-order valence-corrected chi connectivity index (χ4v) is 5.78. The van der Waals surface area contributed by atoms with Gasteiger partial charge in [-0.3, -0.25) is 9.69 Å². The first-order valence-corrected chi connectivity index (χ1v) is 12.4. The van der Waals surface area contributed by atoms with E-state index in [1.807, 2.05) is 4.90 Å². The highest BCUT2D eigenvalue weighted by Gasteiger charge is 2.31. The van der Waals surface area contributed by atoms with E-state index >= 15 is 0 Å². The highest BCUT2D eigenvalue weighted by molar-refractivity contribution is 7.89. The summed E-state index contributed by atoms with van der Waals surface area (Å²) < 4.78 is 41.5. The van der Waals surface area contributed by atoms with Crippen molar-refractivity contribution in [3.05, 3.63) is 48.0 Å². The van der Waals surface area contributed by atoms with Crippen molar-refractivity contribution in [1.29, 1.82) is 0 Å². The number of aliphatic hydroxyl groups is 1. The van der Waals surface area contributed by atoms with E-state index in [0.29, 0.717) is 55.1 Å². The number of hydrogen-bond acceptors (Lipinski definition) is 9. The Morgan fingerprint density at radius 3 is 2.53 bits per heavy atom. The summed E-state index contributed by atoms with van der Waals surface area (Å²) in [6, 6.07) is 11.8. The van der Waals surface area contributed by atoms with Crippen LogP contribution in [0.25, 0.3) is 11.0 Å². The molecule has 0 saturated carbocycles. The number of carbonyl (C=O) groups excluding carboxylic acids is 1. The molecular formula is C21H24N4O5S2. The summed E-state index contributed by atoms with van der Waals surface area (Å²) in [7, 11) is -3.67. The third-order valence-corrected chi connectivity index (χ3v) is 7.84. The van der Waals surface area contributed by atoms with E-state index in [1.54, 1.807) is 42.5 Å². The standard InChI is InChI=1S/C21H24N4O5S2/c1-15(26)16-5-7-18(8-6-16)30-14-17(27)13-24-9-11-25(12-10-24)32(28,29)20-4-2-3-19-21(20)23-31-22-19/h2-8,17,27H,9-14H2,1H3/t17-/m1/s1. The quantitative estimate of drug-likeness (QED) is 0.488. The van der Waals surface area contributed by atoms with Crippen molar-refractivity contribution in [1.82, 2.24) is 18.0 Å². The Morgan fingerprint density at radius 2 is 1.84 bits per heavy atom. The number of Topliss-reactive ketones (excluding diaryl/α,β-unsaturated/α-hetero) is 1. The molecule has 170 valence electrons.